The molecule has 4 rings (SSSR count). The number of hydrogen-bond acceptors (Lipinski definition) is 7. The molecule has 0 bridgehead atoms. The van der Waals surface area contributed by atoms with E-state index in [-0.39, 0.29) is 11.5 Å². The molecule has 30 heavy (non-hydrogen) atoms. The number of rotatable bonds is 6. The second-order valence-corrected chi connectivity index (χ2v) is 6.45. The topological polar surface area (TPSA) is 83.2 Å². The molecule has 0 fully saturated rings. The lowest BCUT2D eigenvalue weighted by atomic mass is 10.0. The van der Waals surface area contributed by atoms with Crippen molar-refractivity contribution in [2.45, 2.75) is 0 Å². The third-order valence-corrected chi connectivity index (χ3v) is 4.85. The number of fused-ring (bicyclic) bond motifs is 1. The number of aromatic hydroxyl groups is 1. The van der Waals surface area contributed by atoms with Gasteiger partial charge in [0, 0.05) is 23.4 Å². The van der Waals surface area contributed by atoms with Crippen molar-refractivity contribution in [2.24, 2.45) is 0 Å². The lowest BCUT2D eigenvalue weighted by Crippen LogP contribution is -1.93. The van der Waals surface area contributed by atoms with Crippen LogP contribution in [-0.2, 0) is 0 Å². The van der Waals surface area contributed by atoms with E-state index < -0.39 is 0 Å². The molecule has 0 radical (unpaired) electrons. The average Bonchev–Trinajstić information content (AvgIpc) is 3.22. The predicted molar refractivity (Wildman–Crippen MR) is 113 cm³/mol. The number of methoxy groups -OCH3 is 4. The van der Waals surface area contributed by atoms with E-state index in [9.17, 15) is 5.11 Å². The first-order valence-corrected chi connectivity index (χ1v) is 9.16. The fraction of sp³-hybridized carbons (Fsp3) is 0.174. The number of benzene rings is 2. The highest BCUT2D eigenvalue weighted by Gasteiger charge is 2.20. The van der Waals surface area contributed by atoms with Crippen molar-refractivity contribution in [1.82, 2.24) is 4.98 Å². The number of hydrogen-bond donors (Lipinski definition) is 1. The summed E-state index contributed by atoms with van der Waals surface area (Å²) in [4.78, 5) is 4.43. The fourth-order valence-corrected chi connectivity index (χ4v) is 3.48. The first kappa shape index (κ1) is 19.4. The highest BCUT2D eigenvalue weighted by Crippen LogP contribution is 2.44. The van der Waals surface area contributed by atoms with Crippen LogP contribution in [0.4, 0.5) is 0 Å². The molecule has 0 aliphatic carbocycles. The molecule has 1 N–H and O–H groups in total. The van der Waals surface area contributed by atoms with E-state index >= 15 is 0 Å². The highest BCUT2D eigenvalue weighted by molar-refractivity contribution is 5.96. The van der Waals surface area contributed by atoms with Gasteiger partial charge in [0.15, 0.2) is 17.1 Å². The van der Waals surface area contributed by atoms with Crippen LogP contribution in [0.2, 0.25) is 0 Å². The minimum absolute atomic E-state index is 0.0492. The first-order chi connectivity index (χ1) is 14.6. The molecule has 0 atom stereocenters. The zero-order valence-corrected chi connectivity index (χ0v) is 17.1. The molecule has 2 aromatic carbocycles. The Kier molecular flexibility index (Phi) is 5.10. The molecule has 7 heteroatoms. The first-order valence-electron chi connectivity index (χ1n) is 9.16. The van der Waals surface area contributed by atoms with E-state index in [1.165, 1.54) is 14.2 Å². The van der Waals surface area contributed by atoms with E-state index in [2.05, 4.69) is 4.98 Å². The Morgan fingerprint density at radius 3 is 2.17 bits per heavy atom. The van der Waals surface area contributed by atoms with Crippen LogP contribution in [0.5, 0.6) is 28.7 Å². The average molecular weight is 407 g/mol. The van der Waals surface area contributed by atoms with E-state index in [0.29, 0.717) is 39.7 Å². The number of furan rings is 1. The summed E-state index contributed by atoms with van der Waals surface area (Å²) in [7, 11) is 6.19. The van der Waals surface area contributed by atoms with Crippen LogP contribution in [0.1, 0.15) is 0 Å². The van der Waals surface area contributed by atoms with Gasteiger partial charge in [-0.25, -0.2) is 0 Å². The van der Waals surface area contributed by atoms with Gasteiger partial charge in [0.2, 0.25) is 5.75 Å². The molecular weight excluding hydrogens is 386 g/mol. The van der Waals surface area contributed by atoms with Gasteiger partial charge in [-0.3, -0.25) is 4.98 Å². The van der Waals surface area contributed by atoms with Gasteiger partial charge < -0.3 is 28.5 Å². The SMILES string of the molecule is COc1cc(-c2cc3nccc(-c4c(OC)cccc4OC)c3o2)cc(O)c1OC. The summed E-state index contributed by atoms with van der Waals surface area (Å²) >= 11 is 0. The molecule has 2 heterocycles. The van der Waals surface area contributed by atoms with Crippen LogP contribution in [-0.4, -0.2) is 38.5 Å². The quantitative estimate of drug-likeness (QED) is 0.487. The normalized spacial score (nSPS) is 10.8. The molecular formula is C23H21NO6. The molecule has 0 saturated carbocycles. The lowest BCUT2D eigenvalue weighted by Gasteiger charge is -2.13. The molecule has 4 aromatic rings. The fourth-order valence-electron chi connectivity index (χ4n) is 3.48. The molecule has 0 saturated heterocycles. The van der Waals surface area contributed by atoms with Crippen molar-refractivity contribution in [1.29, 1.82) is 0 Å². The van der Waals surface area contributed by atoms with Gasteiger partial charge in [0.1, 0.15) is 22.8 Å². The number of aromatic nitrogens is 1. The molecule has 0 amide bonds. The molecule has 0 unspecified atom stereocenters. The largest absolute Gasteiger partial charge is 0.504 e. The van der Waals surface area contributed by atoms with Crippen molar-refractivity contribution in [3.63, 3.8) is 0 Å². The van der Waals surface area contributed by atoms with Gasteiger partial charge in [-0.05, 0) is 30.3 Å². The van der Waals surface area contributed by atoms with E-state index in [4.69, 9.17) is 23.4 Å². The maximum Gasteiger partial charge on any atom is 0.203 e. The van der Waals surface area contributed by atoms with Crippen LogP contribution in [0.3, 0.4) is 0 Å². The maximum atomic E-state index is 10.3. The van der Waals surface area contributed by atoms with Gasteiger partial charge >= 0.3 is 0 Å². The van der Waals surface area contributed by atoms with E-state index in [1.807, 2.05) is 24.3 Å². The van der Waals surface area contributed by atoms with Gasteiger partial charge in [-0.15, -0.1) is 0 Å². The monoisotopic (exact) mass is 407 g/mol. The van der Waals surface area contributed by atoms with Gasteiger partial charge in [-0.1, -0.05) is 6.07 Å². The molecule has 7 nitrogen and oxygen atoms in total. The Hall–Kier alpha value is -3.87. The van der Waals surface area contributed by atoms with Crippen molar-refractivity contribution < 1.29 is 28.5 Å². The third kappa shape index (κ3) is 3.14. The van der Waals surface area contributed by atoms with Crippen LogP contribution in [0.15, 0.2) is 53.1 Å². The summed E-state index contributed by atoms with van der Waals surface area (Å²) < 4.78 is 27.8. The molecule has 154 valence electrons. The Bertz CT molecular complexity index is 1190. The number of phenolic OH excluding ortho intramolecular Hbond substituents is 1. The van der Waals surface area contributed by atoms with Crippen molar-refractivity contribution in [3.8, 4) is 51.2 Å². The molecule has 0 aliphatic heterocycles. The second-order valence-electron chi connectivity index (χ2n) is 6.45. The summed E-state index contributed by atoms with van der Waals surface area (Å²) in [5.74, 6) is 2.44. The van der Waals surface area contributed by atoms with Gasteiger partial charge in [0.05, 0.1) is 34.0 Å². The Labute approximate surface area is 173 Å². The number of ether oxygens (including phenoxy) is 4. The summed E-state index contributed by atoms with van der Waals surface area (Å²) in [5, 5.41) is 10.3. The molecule has 0 spiro atoms. The van der Waals surface area contributed by atoms with Gasteiger partial charge in [0.25, 0.3) is 0 Å². The third-order valence-electron chi connectivity index (χ3n) is 4.85. The second kappa shape index (κ2) is 7.87. The van der Waals surface area contributed by atoms with Crippen LogP contribution < -0.4 is 18.9 Å². The molecule has 2 aromatic heterocycles. The Balaban J connectivity index is 1.93. The minimum Gasteiger partial charge on any atom is -0.504 e. The van der Waals surface area contributed by atoms with Crippen LogP contribution >= 0.6 is 0 Å². The summed E-state index contributed by atoms with van der Waals surface area (Å²) in [5.41, 5.74) is 3.41. The zero-order chi connectivity index (χ0) is 21.3. The summed E-state index contributed by atoms with van der Waals surface area (Å²) in [6.07, 6.45) is 1.70. The molecule has 0 aliphatic rings. The highest BCUT2D eigenvalue weighted by atomic mass is 16.5. The summed E-state index contributed by atoms with van der Waals surface area (Å²) in [6, 6.07) is 12.5. The number of phenols is 1. The standard InChI is InChI=1S/C23H21NO6/c1-26-17-6-5-7-18(27-2)21(17)14-8-9-24-15-12-19(30-22(14)15)13-10-16(25)23(29-4)20(11-13)28-3/h5-12,25H,1-4H3. The Morgan fingerprint density at radius 1 is 0.833 bits per heavy atom. The minimum atomic E-state index is -0.0492. The Morgan fingerprint density at radius 2 is 1.53 bits per heavy atom. The van der Waals surface area contributed by atoms with Crippen LogP contribution in [0.25, 0.3) is 33.6 Å². The zero-order valence-electron chi connectivity index (χ0n) is 17.1. The van der Waals surface area contributed by atoms with Gasteiger partial charge in [-0.2, -0.15) is 0 Å². The van der Waals surface area contributed by atoms with E-state index in [1.54, 1.807) is 38.6 Å². The van der Waals surface area contributed by atoms with Crippen LogP contribution in [0, 0.1) is 0 Å². The lowest BCUT2D eigenvalue weighted by molar-refractivity contribution is 0.333. The van der Waals surface area contributed by atoms with Crippen molar-refractivity contribution >= 4 is 11.1 Å². The van der Waals surface area contributed by atoms with Crippen molar-refractivity contribution in [3.05, 3.63) is 48.7 Å². The number of nitrogens with zero attached hydrogens (tertiary/aromatic N) is 1. The van der Waals surface area contributed by atoms with E-state index in [0.717, 1.165) is 11.1 Å². The number of pyridine rings is 1. The van der Waals surface area contributed by atoms with Crippen molar-refractivity contribution in [2.75, 3.05) is 28.4 Å². The maximum absolute atomic E-state index is 10.3. The smallest absolute Gasteiger partial charge is 0.203 e. The predicted octanol–water partition coefficient (Wildman–Crippen LogP) is 4.90. The summed E-state index contributed by atoms with van der Waals surface area (Å²) in [6.45, 7) is 0.